The summed E-state index contributed by atoms with van der Waals surface area (Å²) in [4.78, 5) is 27.0. The highest BCUT2D eigenvalue weighted by molar-refractivity contribution is 7.89. The van der Waals surface area contributed by atoms with Crippen molar-refractivity contribution in [1.29, 1.82) is 0 Å². The van der Waals surface area contributed by atoms with E-state index in [1.54, 1.807) is 12.1 Å². The molecule has 0 bridgehead atoms. The van der Waals surface area contributed by atoms with Crippen molar-refractivity contribution in [2.45, 2.75) is 50.6 Å². The van der Waals surface area contributed by atoms with Crippen LogP contribution in [0.1, 0.15) is 36.0 Å². The maximum Gasteiger partial charge on any atom is 0.238 e. The van der Waals surface area contributed by atoms with Gasteiger partial charge < -0.3 is 10.6 Å². The average molecular weight is 459 g/mol. The smallest absolute Gasteiger partial charge is 0.238 e. The van der Waals surface area contributed by atoms with E-state index in [1.807, 2.05) is 32.0 Å². The molecule has 0 saturated heterocycles. The number of sulfonamides is 1. The van der Waals surface area contributed by atoms with Crippen molar-refractivity contribution in [2.24, 2.45) is 5.14 Å². The Morgan fingerprint density at radius 3 is 2.38 bits per heavy atom. The lowest BCUT2D eigenvalue weighted by atomic mass is 10.1. The maximum atomic E-state index is 12.6. The van der Waals surface area contributed by atoms with E-state index in [9.17, 15) is 18.0 Å². The van der Waals surface area contributed by atoms with E-state index in [0.29, 0.717) is 19.1 Å². The summed E-state index contributed by atoms with van der Waals surface area (Å²) in [6.07, 6.45) is 2.35. The van der Waals surface area contributed by atoms with Crippen LogP contribution in [0.25, 0.3) is 0 Å². The molecule has 3 rings (SSSR count). The summed E-state index contributed by atoms with van der Waals surface area (Å²) in [7, 11) is -3.73. The van der Waals surface area contributed by atoms with Gasteiger partial charge in [-0.1, -0.05) is 24.3 Å². The number of carbonyl (C=O) groups is 2. The molecule has 2 aromatic carbocycles. The number of carbonyl (C=O) groups excluding carboxylic acids is 2. The van der Waals surface area contributed by atoms with Gasteiger partial charge in [-0.05, 0) is 61.6 Å². The van der Waals surface area contributed by atoms with Crippen LogP contribution in [0.4, 0.5) is 5.69 Å². The fourth-order valence-electron chi connectivity index (χ4n) is 3.41. The van der Waals surface area contributed by atoms with E-state index in [2.05, 4.69) is 15.5 Å². The van der Waals surface area contributed by atoms with E-state index in [1.165, 1.54) is 12.1 Å². The van der Waals surface area contributed by atoms with E-state index in [4.69, 9.17) is 5.14 Å². The van der Waals surface area contributed by atoms with Gasteiger partial charge in [-0.15, -0.1) is 0 Å². The van der Waals surface area contributed by atoms with Crippen LogP contribution in [-0.2, 0) is 26.2 Å². The van der Waals surface area contributed by atoms with Gasteiger partial charge in [0.05, 0.1) is 11.4 Å². The zero-order valence-corrected chi connectivity index (χ0v) is 19.2. The number of nitrogens with one attached hydrogen (secondary N) is 2. The molecule has 2 amide bonds. The molecule has 1 aliphatic carbocycles. The molecule has 0 atom stereocenters. The predicted molar refractivity (Wildman–Crippen MR) is 123 cm³/mol. The lowest BCUT2D eigenvalue weighted by Gasteiger charge is -2.21. The van der Waals surface area contributed by atoms with Crippen LogP contribution in [0.2, 0.25) is 0 Å². The zero-order chi connectivity index (χ0) is 23.3. The van der Waals surface area contributed by atoms with Crippen molar-refractivity contribution in [2.75, 3.05) is 18.4 Å². The van der Waals surface area contributed by atoms with Crippen molar-refractivity contribution >= 4 is 27.5 Å². The molecule has 0 spiro atoms. The predicted octanol–water partition coefficient (Wildman–Crippen LogP) is 2.06. The number of nitrogens with zero attached hydrogens (tertiary/aromatic N) is 1. The average Bonchev–Trinajstić information content (AvgIpc) is 3.57. The number of primary sulfonamides is 1. The van der Waals surface area contributed by atoms with Crippen LogP contribution in [0.15, 0.2) is 47.4 Å². The van der Waals surface area contributed by atoms with Gasteiger partial charge >= 0.3 is 0 Å². The Kier molecular flexibility index (Phi) is 7.65. The number of benzene rings is 2. The molecule has 32 heavy (non-hydrogen) atoms. The van der Waals surface area contributed by atoms with Crippen molar-refractivity contribution in [3.05, 3.63) is 59.2 Å². The SMILES string of the molecule is Cc1ccc(C)c(NC(=O)CN(CCC(=O)NCc2ccc(S(N)(=O)=O)cc2)C2CC2)c1. The minimum atomic E-state index is -3.73. The van der Waals surface area contributed by atoms with E-state index >= 15 is 0 Å². The first kappa shape index (κ1) is 23.9. The highest BCUT2D eigenvalue weighted by Crippen LogP contribution is 2.27. The van der Waals surface area contributed by atoms with Crippen molar-refractivity contribution in [1.82, 2.24) is 10.2 Å². The second-order valence-corrected chi connectivity index (χ2v) is 9.85. The van der Waals surface area contributed by atoms with Crippen LogP contribution in [-0.4, -0.2) is 44.3 Å². The Morgan fingerprint density at radius 2 is 1.75 bits per heavy atom. The number of hydrogen-bond donors (Lipinski definition) is 3. The lowest BCUT2D eigenvalue weighted by Crippen LogP contribution is -2.37. The Bertz CT molecular complexity index is 1080. The van der Waals surface area contributed by atoms with Crippen molar-refractivity contribution in [3.63, 3.8) is 0 Å². The minimum absolute atomic E-state index is 0.0341. The number of amides is 2. The second kappa shape index (κ2) is 10.2. The molecule has 1 fully saturated rings. The van der Waals surface area contributed by atoms with Gasteiger partial charge in [0.1, 0.15) is 0 Å². The molecule has 172 valence electrons. The van der Waals surface area contributed by atoms with Crippen LogP contribution in [0, 0.1) is 13.8 Å². The third kappa shape index (κ3) is 7.15. The molecular weight excluding hydrogens is 428 g/mol. The van der Waals surface area contributed by atoms with Gasteiger partial charge in [0.25, 0.3) is 0 Å². The van der Waals surface area contributed by atoms with Gasteiger partial charge in [0, 0.05) is 31.2 Å². The number of anilines is 1. The molecule has 9 heteroatoms. The summed E-state index contributed by atoms with van der Waals surface area (Å²) in [6, 6.07) is 12.4. The van der Waals surface area contributed by atoms with Crippen molar-refractivity contribution in [3.8, 4) is 0 Å². The number of rotatable bonds is 10. The van der Waals surface area contributed by atoms with Crippen molar-refractivity contribution < 1.29 is 18.0 Å². The van der Waals surface area contributed by atoms with Crippen LogP contribution >= 0.6 is 0 Å². The monoisotopic (exact) mass is 458 g/mol. The molecule has 1 aliphatic rings. The summed E-state index contributed by atoms with van der Waals surface area (Å²) in [6.45, 7) is 4.99. The minimum Gasteiger partial charge on any atom is -0.352 e. The molecule has 0 radical (unpaired) electrons. The van der Waals surface area contributed by atoms with E-state index in [0.717, 1.165) is 35.2 Å². The quantitative estimate of drug-likeness (QED) is 0.503. The topological polar surface area (TPSA) is 122 Å². The van der Waals surface area contributed by atoms with Crippen LogP contribution in [0.3, 0.4) is 0 Å². The normalized spacial score (nSPS) is 13.8. The number of hydrogen-bond acceptors (Lipinski definition) is 5. The van der Waals surface area contributed by atoms with Gasteiger partial charge in [-0.25, -0.2) is 13.6 Å². The number of nitrogens with two attached hydrogens (primary N) is 1. The molecule has 0 heterocycles. The lowest BCUT2D eigenvalue weighted by molar-refractivity contribution is -0.122. The third-order valence-electron chi connectivity index (χ3n) is 5.44. The molecule has 4 N–H and O–H groups in total. The summed E-state index contributed by atoms with van der Waals surface area (Å²) in [5.74, 6) is -0.206. The maximum absolute atomic E-state index is 12.6. The van der Waals surface area contributed by atoms with E-state index in [-0.39, 0.29) is 29.7 Å². The molecule has 0 aliphatic heterocycles. The standard InChI is InChI=1S/C23H30N4O4S/c1-16-3-4-17(2)21(13-16)26-23(29)15-27(19-7-8-19)12-11-22(28)25-14-18-5-9-20(10-6-18)32(24,30)31/h3-6,9-10,13,19H,7-8,11-12,14-15H2,1-2H3,(H,25,28)(H,26,29)(H2,24,30,31). The van der Waals surface area contributed by atoms with Gasteiger partial charge in [0.2, 0.25) is 21.8 Å². The first-order valence-electron chi connectivity index (χ1n) is 10.6. The zero-order valence-electron chi connectivity index (χ0n) is 18.4. The molecule has 0 aromatic heterocycles. The number of aryl methyl sites for hydroxylation is 2. The summed E-state index contributed by atoms with van der Waals surface area (Å²) >= 11 is 0. The van der Waals surface area contributed by atoms with Crippen LogP contribution < -0.4 is 15.8 Å². The summed E-state index contributed by atoms with van der Waals surface area (Å²) in [5.41, 5.74) is 3.69. The largest absolute Gasteiger partial charge is 0.352 e. The summed E-state index contributed by atoms with van der Waals surface area (Å²) < 4.78 is 22.6. The second-order valence-electron chi connectivity index (χ2n) is 8.28. The Balaban J connectivity index is 1.46. The van der Waals surface area contributed by atoms with Gasteiger partial charge in [-0.2, -0.15) is 0 Å². The first-order valence-corrected chi connectivity index (χ1v) is 12.2. The Hall–Kier alpha value is -2.75. The Labute approximate surface area is 189 Å². The molecule has 0 unspecified atom stereocenters. The van der Waals surface area contributed by atoms with E-state index < -0.39 is 10.0 Å². The fraction of sp³-hybridized carbons (Fsp3) is 0.391. The fourth-order valence-corrected chi connectivity index (χ4v) is 3.92. The molecule has 1 saturated carbocycles. The molecule has 2 aromatic rings. The van der Waals surface area contributed by atoms with Crippen LogP contribution in [0.5, 0.6) is 0 Å². The molecule has 8 nitrogen and oxygen atoms in total. The highest BCUT2D eigenvalue weighted by Gasteiger charge is 2.30. The van der Waals surface area contributed by atoms with Gasteiger partial charge in [0.15, 0.2) is 0 Å². The Morgan fingerprint density at radius 1 is 1.06 bits per heavy atom. The highest BCUT2D eigenvalue weighted by atomic mass is 32.2. The van der Waals surface area contributed by atoms with Gasteiger partial charge in [-0.3, -0.25) is 14.5 Å². The molecular formula is C23H30N4O4S. The first-order chi connectivity index (χ1) is 15.1. The summed E-state index contributed by atoms with van der Waals surface area (Å²) in [5, 5.41) is 10.9. The third-order valence-corrected chi connectivity index (χ3v) is 6.37.